The highest BCUT2D eigenvalue weighted by molar-refractivity contribution is 7.89. The Morgan fingerprint density at radius 2 is 1.56 bits per heavy atom. The predicted molar refractivity (Wildman–Crippen MR) is 233 cm³/mol. The molecule has 2 spiro atoms. The third kappa shape index (κ3) is 9.38. The second-order valence-corrected chi connectivity index (χ2v) is 21.6. The van der Waals surface area contributed by atoms with Crippen LogP contribution in [0.15, 0.2) is 47.4 Å². The normalized spacial score (nSPS) is 41.4. The number of rotatable bonds is 15. The van der Waals surface area contributed by atoms with Gasteiger partial charge >= 0.3 is 5.97 Å². The Bertz CT molecular complexity index is 1860. The summed E-state index contributed by atoms with van der Waals surface area (Å²) >= 11 is 0. The number of aliphatic hydroxyl groups is 2. The highest BCUT2D eigenvalue weighted by atomic mass is 32.2. The molecule has 0 bridgehead atoms. The first-order valence-corrected chi connectivity index (χ1v) is 24.9. The van der Waals surface area contributed by atoms with Gasteiger partial charge in [-0.25, -0.2) is 8.42 Å². The van der Waals surface area contributed by atoms with Crippen molar-refractivity contribution in [1.82, 2.24) is 4.72 Å². The van der Waals surface area contributed by atoms with Gasteiger partial charge in [-0.15, -0.1) is 0 Å². The van der Waals surface area contributed by atoms with Gasteiger partial charge in [0.05, 0.1) is 64.7 Å². The third-order valence-corrected chi connectivity index (χ3v) is 17.3. The van der Waals surface area contributed by atoms with Gasteiger partial charge in [-0.2, -0.15) is 4.72 Å². The second kappa shape index (κ2) is 18.9. The summed E-state index contributed by atoms with van der Waals surface area (Å²) in [5.74, 6) is -6.59. The summed E-state index contributed by atoms with van der Waals surface area (Å²) in [6.45, 7) is 19.4. The SMILES string of the molecule is CC[C@@H](C(=O)[C@@H](C)[C@@H](O)[C@H](C)[C@@H]1O[C@@H]([C@@H](CC)C(=O)O)CC[C@@H]1C)[C@H]1O[C@]2(C=CC(NS(=O)(=O)c3ccccc3)[C@]3(CC[C@@](C)([C@H]4CC[C@](O)(CC)[C@H](C)O4)O3)O2)[C@H](C)C[C@@H]1C. The van der Waals surface area contributed by atoms with Crippen molar-refractivity contribution in [2.24, 2.45) is 41.4 Å². The monoisotopic (exact) mass is 890 g/mol. The van der Waals surface area contributed by atoms with Crippen LogP contribution in [-0.2, 0) is 43.3 Å². The summed E-state index contributed by atoms with van der Waals surface area (Å²) in [5, 5.41) is 33.0. The minimum absolute atomic E-state index is 0.0674. The zero-order valence-corrected chi connectivity index (χ0v) is 39.4. The van der Waals surface area contributed by atoms with Gasteiger partial charge in [-0.1, -0.05) is 79.7 Å². The number of ether oxygens (including phenoxy) is 5. The van der Waals surface area contributed by atoms with Gasteiger partial charge in [0.2, 0.25) is 10.0 Å². The molecule has 0 radical (unpaired) electrons. The molecule has 13 nitrogen and oxygen atoms in total. The molecule has 350 valence electrons. The Labute approximate surface area is 370 Å². The molecule has 4 saturated heterocycles. The molecule has 5 heterocycles. The molecule has 1 aromatic rings. The number of carboxylic acid groups (broad SMARTS) is 1. The lowest BCUT2D eigenvalue weighted by molar-refractivity contribution is -0.397. The molecule has 4 fully saturated rings. The first-order chi connectivity index (χ1) is 29.1. The maximum absolute atomic E-state index is 14.7. The van der Waals surface area contributed by atoms with E-state index < -0.39 is 105 Å². The van der Waals surface area contributed by atoms with Crippen LogP contribution in [-0.4, -0.2) is 101 Å². The topological polar surface area (TPSA) is 187 Å². The van der Waals surface area contributed by atoms with Crippen LogP contribution in [0.5, 0.6) is 0 Å². The highest BCUT2D eigenvalue weighted by Gasteiger charge is 2.64. The molecular formula is C48H75NO12S. The number of Topliss-reactive ketones (excluding diaryl/α,β-unsaturated/α-hetero) is 1. The molecule has 1 unspecified atom stereocenters. The standard InChI is InChI=1S/C48H75NO12S/c1-11-35(44(52)53)37-20-19-28(4)42(58-37)32(8)40(50)31(7)41(51)36(12-2)43-29(5)27-30(6)47(59-43)24-21-38(49-62(55,56)34-17-15-14-16-18-34)48(61-47)26-25-45(10,60-48)39-22-23-46(54,13-3)33(9)57-39/h14-18,21,24,28-33,35-40,42-43,49-50,54H,11-13,19-20,22-23,25-27H2,1-10H3,(H,52,53)/t28-,29-,30+,31-,32-,33-,35+,36-,37+,38?,39+,40+,42+,43-,45-,46+,47-,48-/m0/s1. The average Bonchev–Trinajstić information content (AvgIpc) is 3.59. The van der Waals surface area contributed by atoms with Crippen molar-refractivity contribution in [1.29, 1.82) is 0 Å². The third-order valence-electron chi connectivity index (χ3n) is 15.8. The van der Waals surface area contributed by atoms with E-state index in [-0.39, 0.29) is 28.4 Å². The van der Waals surface area contributed by atoms with Gasteiger partial charge in [0.1, 0.15) is 5.78 Å². The number of hydrogen-bond acceptors (Lipinski definition) is 11. The van der Waals surface area contributed by atoms with Gasteiger partial charge < -0.3 is 39.0 Å². The van der Waals surface area contributed by atoms with E-state index in [9.17, 15) is 33.3 Å². The molecule has 5 aliphatic heterocycles. The number of sulfonamides is 1. The van der Waals surface area contributed by atoms with Gasteiger partial charge in [0, 0.05) is 30.1 Å². The van der Waals surface area contributed by atoms with Gasteiger partial charge in [0.15, 0.2) is 11.6 Å². The lowest BCUT2D eigenvalue weighted by atomic mass is 9.72. The van der Waals surface area contributed by atoms with Crippen molar-refractivity contribution in [3.05, 3.63) is 42.5 Å². The number of ketones is 1. The van der Waals surface area contributed by atoms with E-state index in [1.807, 2.05) is 48.5 Å². The number of carbonyl (C=O) groups excluding carboxylic acids is 1. The van der Waals surface area contributed by atoms with Crippen LogP contribution in [0.3, 0.4) is 0 Å². The maximum Gasteiger partial charge on any atom is 0.309 e. The Morgan fingerprint density at radius 1 is 0.887 bits per heavy atom. The largest absolute Gasteiger partial charge is 0.481 e. The van der Waals surface area contributed by atoms with Crippen molar-refractivity contribution in [3.63, 3.8) is 0 Å². The first kappa shape index (κ1) is 49.2. The van der Waals surface area contributed by atoms with Crippen LogP contribution in [0.4, 0.5) is 0 Å². The van der Waals surface area contributed by atoms with Crippen LogP contribution < -0.4 is 4.72 Å². The van der Waals surface area contributed by atoms with E-state index in [4.69, 9.17) is 23.7 Å². The molecular weight excluding hydrogens is 815 g/mol. The summed E-state index contributed by atoms with van der Waals surface area (Å²) < 4.78 is 65.1. The lowest BCUT2D eigenvalue weighted by Crippen LogP contribution is -2.65. The average molecular weight is 890 g/mol. The molecule has 14 heteroatoms. The lowest BCUT2D eigenvalue weighted by Gasteiger charge is -2.55. The predicted octanol–water partition coefficient (Wildman–Crippen LogP) is 7.17. The summed E-state index contributed by atoms with van der Waals surface area (Å²) in [4.78, 5) is 26.8. The quantitative estimate of drug-likeness (QED) is 0.130. The highest BCUT2D eigenvalue weighted by Crippen LogP contribution is 2.54. The first-order valence-electron chi connectivity index (χ1n) is 23.4. The zero-order valence-electron chi connectivity index (χ0n) is 38.6. The summed E-state index contributed by atoms with van der Waals surface area (Å²) in [7, 11) is -4.04. The summed E-state index contributed by atoms with van der Waals surface area (Å²) in [5.41, 5.74) is -1.85. The van der Waals surface area contributed by atoms with E-state index in [1.54, 1.807) is 37.3 Å². The number of carboxylic acids is 1. The fourth-order valence-corrected chi connectivity index (χ4v) is 12.7. The minimum Gasteiger partial charge on any atom is -0.481 e. The van der Waals surface area contributed by atoms with Gasteiger partial charge in [-0.05, 0) is 102 Å². The van der Waals surface area contributed by atoms with E-state index in [0.29, 0.717) is 57.8 Å². The van der Waals surface area contributed by atoms with Crippen LogP contribution in [0, 0.1) is 41.4 Å². The molecule has 0 saturated carbocycles. The van der Waals surface area contributed by atoms with Crippen molar-refractivity contribution >= 4 is 21.8 Å². The van der Waals surface area contributed by atoms with Crippen molar-refractivity contribution in [3.8, 4) is 0 Å². The fourth-order valence-electron chi connectivity index (χ4n) is 11.5. The van der Waals surface area contributed by atoms with E-state index in [2.05, 4.69) is 18.6 Å². The van der Waals surface area contributed by atoms with Crippen molar-refractivity contribution in [2.75, 3.05) is 0 Å². The molecule has 0 aromatic heterocycles. The van der Waals surface area contributed by atoms with Crippen LogP contribution in [0.2, 0.25) is 0 Å². The summed E-state index contributed by atoms with van der Waals surface area (Å²) in [6, 6.07) is 7.22. The molecule has 0 aliphatic carbocycles. The van der Waals surface area contributed by atoms with E-state index in [0.717, 1.165) is 6.42 Å². The number of hydrogen-bond donors (Lipinski definition) is 4. The number of benzene rings is 1. The van der Waals surface area contributed by atoms with Crippen LogP contribution >= 0.6 is 0 Å². The molecule has 62 heavy (non-hydrogen) atoms. The Hall–Kier alpha value is -2.27. The zero-order chi connectivity index (χ0) is 45.6. The van der Waals surface area contributed by atoms with Crippen LogP contribution in [0.1, 0.15) is 133 Å². The molecule has 0 amide bonds. The number of carbonyl (C=O) groups is 2. The number of aliphatic carboxylic acids is 1. The maximum atomic E-state index is 14.7. The number of aliphatic hydroxyl groups excluding tert-OH is 1. The number of nitrogens with one attached hydrogen (secondary N) is 1. The Kier molecular flexibility index (Phi) is 15.0. The molecule has 18 atom stereocenters. The Balaban J connectivity index is 1.27. The second-order valence-electron chi connectivity index (χ2n) is 19.9. The molecule has 4 N–H and O–H groups in total. The van der Waals surface area contributed by atoms with Crippen molar-refractivity contribution < 1.29 is 57.0 Å². The molecule has 5 aliphatic rings. The summed E-state index contributed by atoms with van der Waals surface area (Å²) in [6.07, 6.45) is 5.57. The van der Waals surface area contributed by atoms with E-state index in [1.165, 1.54) is 12.1 Å². The van der Waals surface area contributed by atoms with Gasteiger partial charge in [-0.3, -0.25) is 9.59 Å². The van der Waals surface area contributed by atoms with Crippen molar-refractivity contribution in [2.45, 2.75) is 204 Å². The molecule has 6 rings (SSSR count). The van der Waals surface area contributed by atoms with Gasteiger partial charge in [0.25, 0.3) is 0 Å². The van der Waals surface area contributed by atoms with Crippen LogP contribution in [0.25, 0.3) is 0 Å². The minimum atomic E-state index is -4.04. The Morgan fingerprint density at radius 3 is 2.18 bits per heavy atom. The van der Waals surface area contributed by atoms with E-state index >= 15 is 0 Å². The fraction of sp³-hybridized carbons (Fsp3) is 0.792. The molecule has 1 aromatic carbocycles. The smallest absolute Gasteiger partial charge is 0.309 e.